The molecule has 70 valence electrons. The van der Waals surface area contributed by atoms with Crippen molar-refractivity contribution in [3.8, 4) is 0 Å². The lowest BCUT2D eigenvalue weighted by atomic mass is 10.1. The molecule has 0 aliphatic heterocycles. The van der Waals surface area contributed by atoms with E-state index in [1.54, 1.807) is 0 Å². The first kappa shape index (κ1) is 9.72. The molecule has 0 aromatic heterocycles. The predicted octanol–water partition coefficient (Wildman–Crippen LogP) is 2.17. The zero-order valence-corrected chi connectivity index (χ0v) is 8.01. The molecule has 0 aromatic carbocycles. The van der Waals surface area contributed by atoms with Crippen LogP contribution in [-0.2, 0) is 9.53 Å². The summed E-state index contributed by atoms with van der Waals surface area (Å²) >= 11 is 0. The van der Waals surface area contributed by atoms with Gasteiger partial charge in [-0.1, -0.05) is 26.7 Å². The van der Waals surface area contributed by atoms with Crippen LogP contribution in [0.25, 0.3) is 0 Å². The molecule has 2 nitrogen and oxygen atoms in total. The molecule has 1 saturated carbocycles. The van der Waals surface area contributed by atoms with Crippen LogP contribution in [0.1, 0.15) is 39.5 Å². The number of carbonyl (C=O) groups is 1. The highest BCUT2D eigenvalue weighted by atomic mass is 16.5. The van der Waals surface area contributed by atoms with Gasteiger partial charge < -0.3 is 4.74 Å². The van der Waals surface area contributed by atoms with Crippen LogP contribution in [0, 0.1) is 5.92 Å². The quantitative estimate of drug-likeness (QED) is 0.646. The predicted molar refractivity (Wildman–Crippen MR) is 48.1 cm³/mol. The topological polar surface area (TPSA) is 26.3 Å². The average molecular weight is 170 g/mol. The molecule has 1 rings (SSSR count). The maximum absolute atomic E-state index is 11.2. The maximum Gasteiger partial charge on any atom is 0.160 e. The lowest BCUT2D eigenvalue weighted by Crippen LogP contribution is -2.19. The standard InChI is InChI=1S/C10H18O2/c1-8(2)10(11)7-12-9-5-3-4-6-9/h8-9H,3-7H2,1-2H3. The monoisotopic (exact) mass is 170 g/mol. The van der Waals surface area contributed by atoms with Crippen LogP contribution in [0.15, 0.2) is 0 Å². The largest absolute Gasteiger partial charge is 0.370 e. The second-order valence-corrected chi connectivity index (χ2v) is 3.84. The van der Waals surface area contributed by atoms with Crippen molar-refractivity contribution in [3.05, 3.63) is 0 Å². The highest BCUT2D eigenvalue weighted by Gasteiger charge is 2.17. The number of ether oxygens (including phenoxy) is 1. The third kappa shape index (κ3) is 2.94. The van der Waals surface area contributed by atoms with E-state index < -0.39 is 0 Å². The second kappa shape index (κ2) is 4.61. The molecular formula is C10H18O2. The molecule has 1 aliphatic rings. The molecule has 0 unspecified atom stereocenters. The van der Waals surface area contributed by atoms with Gasteiger partial charge in [-0.25, -0.2) is 0 Å². The van der Waals surface area contributed by atoms with Gasteiger partial charge in [-0.05, 0) is 12.8 Å². The Morgan fingerprint density at radius 1 is 1.42 bits per heavy atom. The molecule has 0 bridgehead atoms. The van der Waals surface area contributed by atoms with Crippen molar-refractivity contribution in [2.45, 2.75) is 45.6 Å². The molecule has 12 heavy (non-hydrogen) atoms. The highest BCUT2D eigenvalue weighted by molar-refractivity contribution is 5.81. The van der Waals surface area contributed by atoms with Gasteiger partial charge >= 0.3 is 0 Å². The molecule has 0 saturated heterocycles. The van der Waals surface area contributed by atoms with Gasteiger partial charge in [-0.3, -0.25) is 4.79 Å². The molecule has 1 aliphatic carbocycles. The van der Waals surface area contributed by atoms with Crippen molar-refractivity contribution in [2.75, 3.05) is 6.61 Å². The van der Waals surface area contributed by atoms with Crippen molar-refractivity contribution < 1.29 is 9.53 Å². The van der Waals surface area contributed by atoms with Crippen molar-refractivity contribution in [1.29, 1.82) is 0 Å². The number of carbonyl (C=O) groups excluding carboxylic acids is 1. The van der Waals surface area contributed by atoms with Gasteiger partial charge in [-0.2, -0.15) is 0 Å². The first-order valence-corrected chi connectivity index (χ1v) is 4.84. The third-order valence-electron chi connectivity index (χ3n) is 2.41. The van der Waals surface area contributed by atoms with Crippen molar-refractivity contribution >= 4 is 5.78 Å². The minimum atomic E-state index is 0.117. The number of rotatable bonds is 4. The van der Waals surface area contributed by atoms with Crippen LogP contribution in [0.2, 0.25) is 0 Å². The van der Waals surface area contributed by atoms with Gasteiger partial charge in [0.05, 0.1) is 6.10 Å². The fraction of sp³-hybridized carbons (Fsp3) is 0.900. The van der Waals surface area contributed by atoms with Gasteiger partial charge in [0, 0.05) is 5.92 Å². The van der Waals surface area contributed by atoms with E-state index in [1.807, 2.05) is 13.8 Å². The summed E-state index contributed by atoms with van der Waals surface area (Å²) in [5, 5.41) is 0. The SMILES string of the molecule is CC(C)C(=O)COC1CCCC1. The van der Waals surface area contributed by atoms with Crippen molar-refractivity contribution in [2.24, 2.45) is 5.92 Å². The van der Waals surface area contributed by atoms with Gasteiger partial charge in [-0.15, -0.1) is 0 Å². The summed E-state index contributed by atoms with van der Waals surface area (Å²) in [7, 11) is 0. The van der Waals surface area contributed by atoms with E-state index in [0.29, 0.717) is 12.7 Å². The Hall–Kier alpha value is -0.370. The average Bonchev–Trinajstić information content (AvgIpc) is 2.51. The van der Waals surface area contributed by atoms with Crippen LogP contribution in [0.5, 0.6) is 0 Å². The first-order valence-electron chi connectivity index (χ1n) is 4.84. The molecular weight excluding hydrogens is 152 g/mol. The van der Waals surface area contributed by atoms with Crippen molar-refractivity contribution in [1.82, 2.24) is 0 Å². The van der Waals surface area contributed by atoms with E-state index in [-0.39, 0.29) is 11.7 Å². The van der Waals surface area contributed by atoms with E-state index in [9.17, 15) is 4.79 Å². The molecule has 0 atom stereocenters. The van der Waals surface area contributed by atoms with Gasteiger partial charge in [0.2, 0.25) is 0 Å². The van der Waals surface area contributed by atoms with Crippen LogP contribution < -0.4 is 0 Å². The Morgan fingerprint density at radius 2 is 2.00 bits per heavy atom. The Kier molecular flexibility index (Phi) is 3.73. The smallest absolute Gasteiger partial charge is 0.160 e. The number of Topliss-reactive ketones (excluding diaryl/α,β-unsaturated/α-hetero) is 1. The minimum Gasteiger partial charge on any atom is -0.370 e. The number of hydrogen-bond donors (Lipinski definition) is 0. The Bertz CT molecular complexity index is 146. The molecule has 0 amide bonds. The Balaban J connectivity index is 2.12. The molecule has 0 heterocycles. The first-order chi connectivity index (χ1) is 5.70. The van der Waals surface area contributed by atoms with Crippen molar-refractivity contribution in [3.63, 3.8) is 0 Å². The molecule has 2 heteroatoms. The fourth-order valence-electron chi connectivity index (χ4n) is 1.42. The van der Waals surface area contributed by atoms with Gasteiger partial charge in [0.1, 0.15) is 6.61 Å². The normalized spacial score (nSPS) is 18.9. The minimum absolute atomic E-state index is 0.117. The summed E-state index contributed by atoms with van der Waals surface area (Å²) < 4.78 is 5.48. The van der Waals surface area contributed by atoms with Crippen LogP contribution in [0.3, 0.4) is 0 Å². The summed E-state index contributed by atoms with van der Waals surface area (Å²) in [5.74, 6) is 0.341. The lowest BCUT2D eigenvalue weighted by molar-refractivity contribution is -0.128. The van der Waals surface area contributed by atoms with E-state index in [0.717, 1.165) is 12.8 Å². The summed E-state index contributed by atoms with van der Waals surface area (Å²) in [6, 6.07) is 0. The second-order valence-electron chi connectivity index (χ2n) is 3.84. The van der Waals surface area contributed by atoms with Crippen LogP contribution >= 0.6 is 0 Å². The number of hydrogen-bond acceptors (Lipinski definition) is 2. The summed E-state index contributed by atoms with van der Waals surface area (Å²) in [5.41, 5.74) is 0. The fourth-order valence-corrected chi connectivity index (χ4v) is 1.42. The molecule has 1 fully saturated rings. The molecule has 0 spiro atoms. The Labute approximate surface area is 74.3 Å². The van der Waals surface area contributed by atoms with Crippen LogP contribution in [-0.4, -0.2) is 18.5 Å². The number of ketones is 1. The highest BCUT2D eigenvalue weighted by Crippen LogP contribution is 2.20. The summed E-state index contributed by atoms with van der Waals surface area (Å²) in [4.78, 5) is 11.2. The van der Waals surface area contributed by atoms with Gasteiger partial charge in [0.25, 0.3) is 0 Å². The third-order valence-corrected chi connectivity index (χ3v) is 2.41. The molecule has 0 radical (unpaired) electrons. The zero-order chi connectivity index (χ0) is 8.97. The van der Waals surface area contributed by atoms with E-state index >= 15 is 0 Å². The van der Waals surface area contributed by atoms with E-state index in [2.05, 4.69) is 0 Å². The van der Waals surface area contributed by atoms with Crippen LogP contribution in [0.4, 0.5) is 0 Å². The van der Waals surface area contributed by atoms with E-state index in [1.165, 1.54) is 12.8 Å². The summed E-state index contributed by atoms with van der Waals surface area (Å²) in [6.45, 7) is 4.16. The lowest BCUT2D eigenvalue weighted by Gasteiger charge is -2.11. The zero-order valence-electron chi connectivity index (χ0n) is 8.01. The van der Waals surface area contributed by atoms with Gasteiger partial charge in [0.15, 0.2) is 5.78 Å². The van der Waals surface area contributed by atoms with E-state index in [4.69, 9.17) is 4.74 Å². The summed E-state index contributed by atoms with van der Waals surface area (Å²) in [6.07, 6.45) is 5.19. The maximum atomic E-state index is 11.2. The molecule has 0 aromatic rings. The Morgan fingerprint density at radius 3 is 2.50 bits per heavy atom. The molecule has 0 N–H and O–H groups in total.